The highest BCUT2D eigenvalue weighted by Crippen LogP contribution is 2.22. The van der Waals surface area contributed by atoms with Gasteiger partial charge in [-0.3, -0.25) is 0 Å². The van der Waals surface area contributed by atoms with Gasteiger partial charge in [0, 0.05) is 12.2 Å². The largest absolute Gasteiger partial charge is 0.497 e. The topological polar surface area (TPSA) is 96.6 Å². The zero-order chi connectivity index (χ0) is 13.5. The van der Waals surface area contributed by atoms with Gasteiger partial charge in [0.15, 0.2) is 5.11 Å². The number of rotatable bonds is 5. The molecule has 0 aromatic heterocycles. The maximum absolute atomic E-state index is 10.4. The molecule has 0 aliphatic carbocycles. The third kappa shape index (κ3) is 4.46. The molecule has 98 valence electrons. The molecule has 0 spiro atoms. The molecule has 18 heavy (non-hydrogen) atoms. The number of methoxy groups -OCH3 is 1. The molecule has 6 nitrogen and oxygen atoms in total. The van der Waals surface area contributed by atoms with Crippen molar-refractivity contribution in [1.82, 2.24) is 5.32 Å². The predicted molar refractivity (Wildman–Crippen MR) is 73.1 cm³/mol. The Morgan fingerprint density at radius 2 is 2.28 bits per heavy atom. The number of carboxylic acid groups (broad SMARTS) is 1. The van der Waals surface area contributed by atoms with E-state index in [0.717, 1.165) is 11.3 Å². The van der Waals surface area contributed by atoms with E-state index in [1.54, 1.807) is 19.2 Å². The van der Waals surface area contributed by atoms with Crippen molar-refractivity contribution in [3.05, 3.63) is 23.8 Å². The summed E-state index contributed by atoms with van der Waals surface area (Å²) in [7, 11) is 1.56. The molecule has 1 amide bonds. The molecule has 1 aromatic carbocycles. The van der Waals surface area contributed by atoms with Crippen LogP contribution in [0.15, 0.2) is 18.2 Å². The number of carbonyl (C=O) groups is 1. The van der Waals surface area contributed by atoms with Crippen LogP contribution >= 0.6 is 12.2 Å². The molecular weight excluding hydrogens is 254 g/mol. The Labute approximate surface area is 110 Å². The highest BCUT2D eigenvalue weighted by molar-refractivity contribution is 7.80. The van der Waals surface area contributed by atoms with Crippen LogP contribution in [0.25, 0.3) is 0 Å². The lowest BCUT2D eigenvalue weighted by Crippen LogP contribution is -2.24. The number of hydrogen-bond donors (Lipinski definition) is 4. The van der Waals surface area contributed by atoms with Gasteiger partial charge in [0.1, 0.15) is 5.75 Å². The fraction of sp³-hybridized carbons (Fsp3) is 0.273. The monoisotopic (exact) mass is 269 g/mol. The first-order valence-electron chi connectivity index (χ1n) is 5.23. The van der Waals surface area contributed by atoms with Gasteiger partial charge in [-0.25, -0.2) is 4.79 Å². The first kappa shape index (κ1) is 14.0. The quantitative estimate of drug-likeness (QED) is 0.599. The van der Waals surface area contributed by atoms with Crippen molar-refractivity contribution in [2.24, 2.45) is 5.73 Å². The van der Waals surface area contributed by atoms with E-state index in [4.69, 9.17) is 27.8 Å². The molecule has 0 heterocycles. The molecule has 1 rings (SSSR count). The van der Waals surface area contributed by atoms with E-state index in [-0.39, 0.29) is 5.11 Å². The Balaban J connectivity index is 2.82. The van der Waals surface area contributed by atoms with Crippen LogP contribution in [0.5, 0.6) is 5.75 Å². The summed E-state index contributed by atoms with van der Waals surface area (Å²) in [5.41, 5.74) is 7.04. The van der Waals surface area contributed by atoms with Gasteiger partial charge in [0.2, 0.25) is 0 Å². The van der Waals surface area contributed by atoms with Gasteiger partial charge >= 0.3 is 6.09 Å². The number of amides is 1. The molecule has 0 aliphatic heterocycles. The number of hydrogen-bond acceptors (Lipinski definition) is 3. The van der Waals surface area contributed by atoms with Gasteiger partial charge in [-0.05, 0) is 42.4 Å². The molecule has 5 N–H and O–H groups in total. The second-order valence-electron chi connectivity index (χ2n) is 3.49. The molecule has 0 saturated heterocycles. The normalized spacial score (nSPS) is 9.61. The van der Waals surface area contributed by atoms with E-state index in [9.17, 15) is 4.79 Å². The number of ether oxygens (including phenoxy) is 1. The molecule has 0 bridgehead atoms. The lowest BCUT2D eigenvalue weighted by Gasteiger charge is -2.12. The van der Waals surface area contributed by atoms with E-state index < -0.39 is 6.09 Å². The molecule has 0 saturated carbocycles. The smallest absolute Gasteiger partial charge is 0.404 e. The summed E-state index contributed by atoms with van der Waals surface area (Å²) in [5.74, 6) is 0.689. The minimum atomic E-state index is -1.05. The van der Waals surface area contributed by atoms with Gasteiger partial charge in [-0.2, -0.15) is 0 Å². The standard InChI is InChI=1S/C11H15N3O3S/c1-17-8-2-3-9(14-10(12)18)7(6-8)4-5-13-11(15)16/h2-3,6,13H,4-5H2,1H3,(H,15,16)(H3,12,14,18). The summed E-state index contributed by atoms with van der Waals surface area (Å²) in [6.45, 7) is 0.300. The average molecular weight is 269 g/mol. The summed E-state index contributed by atoms with van der Waals surface area (Å²) in [6.07, 6.45) is -0.546. The first-order valence-corrected chi connectivity index (χ1v) is 5.64. The second-order valence-corrected chi connectivity index (χ2v) is 3.93. The van der Waals surface area contributed by atoms with Crippen LogP contribution in [0.1, 0.15) is 5.56 Å². The summed E-state index contributed by atoms with van der Waals surface area (Å²) >= 11 is 4.78. The van der Waals surface area contributed by atoms with Crippen LogP contribution in [0.3, 0.4) is 0 Å². The highest BCUT2D eigenvalue weighted by Gasteiger charge is 2.06. The van der Waals surface area contributed by atoms with Gasteiger partial charge in [0.25, 0.3) is 0 Å². The van der Waals surface area contributed by atoms with Gasteiger partial charge in [0.05, 0.1) is 7.11 Å². The summed E-state index contributed by atoms with van der Waals surface area (Å²) < 4.78 is 5.11. The molecule has 0 unspecified atom stereocenters. The van der Waals surface area contributed by atoms with Crippen molar-refractivity contribution in [3.63, 3.8) is 0 Å². The zero-order valence-electron chi connectivity index (χ0n) is 9.90. The van der Waals surface area contributed by atoms with Crippen LogP contribution in [0, 0.1) is 0 Å². The number of nitrogens with one attached hydrogen (secondary N) is 2. The van der Waals surface area contributed by atoms with Gasteiger partial charge in [-0.1, -0.05) is 0 Å². The van der Waals surface area contributed by atoms with Crippen molar-refractivity contribution < 1.29 is 14.6 Å². The lowest BCUT2D eigenvalue weighted by atomic mass is 10.1. The van der Waals surface area contributed by atoms with Gasteiger partial charge < -0.3 is 26.2 Å². The molecular formula is C11H15N3O3S. The predicted octanol–water partition coefficient (Wildman–Crippen LogP) is 1.16. The van der Waals surface area contributed by atoms with E-state index in [1.165, 1.54) is 0 Å². The number of anilines is 1. The molecule has 7 heteroatoms. The molecule has 0 fully saturated rings. The number of benzene rings is 1. The van der Waals surface area contributed by atoms with Crippen LogP contribution in [0.2, 0.25) is 0 Å². The van der Waals surface area contributed by atoms with E-state index >= 15 is 0 Å². The van der Waals surface area contributed by atoms with Crippen molar-refractivity contribution in [2.75, 3.05) is 19.0 Å². The highest BCUT2D eigenvalue weighted by atomic mass is 32.1. The van der Waals surface area contributed by atoms with Crippen molar-refractivity contribution >= 4 is 29.1 Å². The Bertz CT molecular complexity index is 451. The third-order valence-corrected chi connectivity index (χ3v) is 2.34. The lowest BCUT2D eigenvalue weighted by molar-refractivity contribution is 0.194. The maximum atomic E-state index is 10.4. The minimum Gasteiger partial charge on any atom is -0.497 e. The minimum absolute atomic E-state index is 0.160. The van der Waals surface area contributed by atoms with Gasteiger partial charge in [-0.15, -0.1) is 0 Å². The summed E-state index contributed by atoms with van der Waals surface area (Å²) in [6, 6.07) is 5.37. The molecule has 0 radical (unpaired) electrons. The Morgan fingerprint density at radius 1 is 1.56 bits per heavy atom. The fourth-order valence-corrected chi connectivity index (χ4v) is 1.57. The summed E-state index contributed by atoms with van der Waals surface area (Å²) in [5, 5.41) is 13.8. The Hall–Kier alpha value is -2.02. The van der Waals surface area contributed by atoms with Crippen LogP contribution < -0.4 is 21.1 Å². The second kappa shape index (κ2) is 6.65. The van der Waals surface area contributed by atoms with E-state index in [2.05, 4.69) is 10.6 Å². The van der Waals surface area contributed by atoms with Crippen molar-refractivity contribution in [2.45, 2.75) is 6.42 Å². The van der Waals surface area contributed by atoms with E-state index in [0.29, 0.717) is 18.7 Å². The van der Waals surface area contributed by atoms with Crippen molar-refractivity contribution in [1.29, 1.82) is 0 Å². The Morgan fingerprint density at radius 3 is 2.83 bits per heavy atom. The van der Waals surface area contributed by atoms with Crippen LogP contribution in [0.4, 0.5) is 10.5 Å². The molecule has 0 aliphatic rings. The third-order valence-electron chi connectivity index (χ3n) is 2.24. The first-order chi connectivity index (χ1) is 8.52. The van der Waals surface area contributed by atoms with E-state index in [1.807, 2.05) is 6.07 Å². The SMILES string of the molecule is COc1ccc(NC(N)=S)c(CCNC(=O)O)c1. The Kier molecular flexibility index (Phi) is 5.19. The number of thiocarbonyl (C=S) groups is 1. The summed E-state index contributed by atoms with van der Waals surface area (Å²) in [4.78, 5) is 10.4. The molecule has 1 aromatic rings. The fourth-order valence-electron chi connectivity index (χ4n) is 1.46. The van der Waals surface area contributed by atoms with Crippen molar-refractivity contribution in [3.8, 4) is 5.75 Å². The van der Waals surface area contributed by atoms with Crippen LogP contribution in [-0.2, 0) is 6.42 Å². The zero-order valence-corrected chi connectivity index (χ0v) is 10.7. The average Bonchev–Trinajstić information content (AvgIpc) is 2.30. The molecule has 0 atom stereocenters. The number of nitrogens with two attached hydrogens (primary N) is 1. The van der Waals surface area contributed by atoms with Crippen LogP contribution in [-0.4, -0.2) is 30.0 Å². The maximum Gasteiger partial charge on any atom is 0.404 e.